The minimum absolute atomic E-state index is 0.0466. The van der Waals surface area contributed by atoms with Crippen LogP contribution in [0, 0.1) is 6.92 Å². The summed E-state index contributed by atoms with van der Waals surface area (Å²) < 4.78 is 7.63. The van der Waals surface area contributed by atoms with E-state index in [1.54, 1.807) is 18.3 Å². The highest BCUT2D eigenvalue weighted by Crippen LogP contribution is 2.26. The SMILES string of the molecule is Cc1nn(C2CCCCO2)cc1Nc1cc(Cl)ccn1. The predicted molar refractivity (Wildman–Crippen MR) is 78.3 cm³/mol. The summed E-state index contributed by atoms with van der Waals surface area (Å²) in [6.45, 7) is 2.77. The number of ether oxygens (including phenoxy) is 1. The van der Waals surface area contributed by atoms with Gasteiger partial charge in [-0.05, 0) is 38.3 Å². The van der Waals surface area contributed by atoms with Gasteiger partial charge in [-0.1, -0.05) is 11.6 Å². The van der Waals surface area contributed by atoms with Crippen LogP contribution < -0.4 is 5.32 Å². The van der Waals surface area contributed by atoms with Crippen LogP contribution in [0.15, 0.2) is 24.5 Å². The highest BCUT2D eigenvalue weighted by atomic mass is 35.5. The minimum Gasteiger partial charge on any atom is -0.357 e. The average molecular weight is 293 g/mol. The number of pyridine rings is 1. The Balaban J connectivity index is 1.78. The summed E-state index contributed by atoms with van der Waals surface area (Å²) in [5.41, 5.74) is 1.84. The predicted octanol–water partition coefficient (Wildman–Crippen LogP) is 3.68. The monoisotopic (exact) mass is 292 g/mol. The fraction of sp³-hybridized carbons (Fsp3) is 0.429. The van der Waals surface area contributed by atoms with E-state index in [1.807, 2.05) is 17.8 Å². The molecule has 1 fully saturated rings. The highest BCUT2D eigenvalue weighted by Gasteiger charge is 2.18. The first-order valence-electron chi connectivity index (χ1n) is 6.78. The summed E-state index contributed by atoms with van der Waals surface area (Å²) in [5, 5.41) is 8.42. The lowest BCUT2D eigenvalue weighted by Crippen LogP contribution is -2.18. The van der Waals surface area contributed by atoms with Gasteiger partial charge in [-0.15, -0.1) is 0 Å². The van der Waals surface area contributed by atoms with E-state index in [1.165, 1.54) is 6.42 Å². The summed E-state index contributed by atoms with van der Waals surface area (Å²) in [6.07, 6.45) is 7.01. The second-order valence-corrected chi connectivity index (χ2v) is 5.35. The Hall–Kier alpha value is -1.59. The third-order valence-electron chi connectivity index (χ3n) is 3.35. The van der Waals surface area contributed by atoms with Crippen molar-refractivity contribution in [3.8, 4) is 0 Å². The van der Waals surface area contributed by atoms with Crippen molar-refractivity contribution >= 4 is 23.1 Å². The van der Waals surface area contributed by atoms with Crippen LogP contribution in [0.3, 0.4) is 0 Å². The van der Waals surface area contributed by atoms with E-state index in [2.05, 4.69) is 15.4 Å². The molecule has 1 saturated heterocycles. The number of rotatable bonds is 3. The third kappa shape index (κ3) is 2.94. The molecular weight excluding hydrogens is 276 g/mol. The van der Waals surface area contributed by atoms with Gasteiger partial charge in [0.25, 0.3) is 0 Å². The molecular formula is C14H17ClN4O. The second-order valence-electron chi connectivity index (χ2n) is 4.91. The molecule has 0 aliphatic carbocycles. The molecule has 2 aromatic heterocycles. The van der Waals surface area contributed by atoms with Crippen molar-refractivity contribution in [1.29, 1.82) is 0 Å². The molecule has 2 aromatic rings. The summed E-state index contributed by atoms with van der Waals surface area (Å²) in [4.78, 5) is 4.23. The number of nitrogens with one attached hydrogen (secondary N) is 1. The van der Waals surface area contributed by atoms with Crippen LogP contribution in [0.4, 0.5) is 11.5 Å². The number of aromatic nitrogens is 3. The lowest BCUT2D eigenvalue weighted by atomic mass is 10.2. The van der Waals surface area contributed by atoms with Gasteiger partial charge in [-0.2, -0.15) is 5.10 Å². The molecule has 1 unspecified atom stereocenters. The Morgan fingerprint density at radius 3 is 3.10 bits per heavy atom. The Bertz CT molecular complexity index is 593. The molecule has 5 nitrogen and oxygen atoms in total. The Labute approximate surface area is 122 Å². The van der Waals surface area contributed by atoms with Crippen LogP contribution in [-0.4, -0.2) is 21.4 Å². The van der Waals surface area contributed by atoms with Gasteiger partial charge in [-0.3, -0.25) is 0 Å². The van der Waals surface area contributed by atoms with Gasteiger partial charge in [0.05, 0.1) is 17.6 Å². The van der Waals surface area contributed by atoms with Crippen molar-refractivity contribution in [2.75, 3.05) is 11.9 Å². The van der Waals surface area contributed by atoms with Gasteiger partial charge >= 0.3 is 0 Å². The van der Waals surface area contributed by atoms with Crippen molar-refractivity contribution in [2.45, 2.75) is 32.4 Å². The summed E-state index contributed by atoms with van der Waals surface area (Å²) in [6, 6.07) is 3.54. The Kier molecular flexibility index (Phi) is 3.89. The molecule has 1 atom stereocenters. The fourth-order valence-corrected chi connectivity index (χ4v) is 2.46. The average Bonchev–Trinajstić information content (AvgIpc) is 2.81. The maximum absolute atomic E-state index is 5.96. The smallest absolute Gasteiger partial charge is 0.150 e. The Morgan fingerprint density at radius 1 is 1.45 bits per heavy atom. The standard InChI is InChI=1S/C14H17ClN4O/c1-10-12(17-13-8-11(15)5-6-16-13)9-19(18-10)14-4-2-3-7-20-14/h5-6,8-9,14H,2-4,7H2,1H3,(H,16,17). The first kappa shape index (κ1) is 13.4. The van der Waals surface area contributed by atoms with Crippen molar-refractivity contribution in [3.05, 3.63) is 35.2 Å². The largest absolute Gasteiger partial charge is 0.357 e. The molecule has 3 rings (SSSR count). The van der Waals surface area contributed by atoms with Crippen molar-refractivity contribution in [1.82, 2.24) is 14.8 Å². The van der Waals surface area contributed by atoms with E-state index in [-0.39, 0.29) is 6.23 Å². The molecule has 0 amide bonds. The molecule has 1 aliphatic rings. The van der Waals surface area contributed by atoms with Gasteiger partial charge in [0.15, 0.2) is 0 Å². The van der Waals surface area contributed by atoms with Crippen molar-refractivity contribution in [3.63, 3.8) is 0 Å². The molecule has 0 saturated carbocycles. The number of anilines is 2. The van der Waals surface area contributed by atoms with Gasteiger partial charge in [0, 0.05) is 17.8 Å². The van der Waals surface area contributed by atoms with Crippen molar-refractivity contribution in [2.24, 2.45) is 0 Å². The number of hydrogen-bond donors (Lipinski definition) is 1. The molecule has 1 N–H and O–H groups in total. The minimum atomic E-state index is 0.0466. The van der Waals surface area contributed by atoms with Gasteiger partial charge in [-0.25, -0.2) is 9.67 Å². The zero-order valence-corrected chi connectivity index (χ0v) is 12.1. The topological polar surface area (TPSA) is 52.0 Å². The van der Waals surface area contributed by atoms with Crippen LogP contribution in [0.2, 0.25) is 5.02 Å². The summed E-state index contributed by atoms with van der Waals surface area (Å²) in [7, 11) is 0. The van der Waals surface area contributed by atoms with Crippen LogP contribution >= 0.6 is 11.6 Å². The van der Waals surface area contributed by atoms with Crippen LogP contribution in [0.5, 0.6) is 0 Å². The normalized spacial score (nSPS) is 19.0. The van der Waals surface area contributed by atoms with E-state index < -0.39 is 0 Å². The number of halogens is 1. The summed E-state index contributed by atoms with van der Waals surface area (Å²) >= 11 is 5.96. The van der Waals surface area contributed by atoms with E-state index in [9.17, 15) is 0 Å². The molecule has 0 aromatic carbocycles. The molecule has 0 spiro atoms. The number of aryl methyl sites for hydroxylation is 1. The lowest BCUT2D eigenvalue weighted by Gasteiger charge is -2.22. The van der Waals surface area contributed by atoms with E-state index >= 15 is 0 Å². The molecule has 0 radical (unpaired) electrons. The van der Waals surface area contributed by atoms with Crippen molar-refractivity contribution < 1.29 is 4.74 Å². The maximum Gasteiger partial charge on any atom is 0.150 e. The third-order valence-corrected chi connectivity index (χ3v) is 3.59. The molecule has 6 heteroatoms. The van der Waals surface area contributed by atoms with Gasteiger partial charge in [0.2, 0.25) is 0 Å². The van der Waals surface area contributed by atoms with Crippen LogP contribution in [0.1, 0.15) is 31.2 Å². The molecule has 1 aliphatic heterocycles. The van der Waals surface area contributed by atoms with Crippen LogP contribution in [0.25, 0.3) is 0 Å². The maximum atomic E-state index is 5.96. The second kappa shape index (κ2) is 5.81. The molecule has 3 heterocycles. The molecule has 20 heavy (non-hydrogen) atoms. The zero-order chi connectivity index (χ0) is 13.9. The number of nitrogens with zero attached hydrogens (tertiary/aromatic N) is 3. The highest BCUT2D eigenvalue weighted by molar-refractivity contribution is 6.30. The fourth-order valence-electron chi connectivity index (χ4n) is 2.30. The van der Waals surface area contributed by atoms with Crippen LogP contribution in [-0.2, 0) is 4.74 Å². The molecule has 106 valence electrons. The quantitative estimate of drug-likeness (QED) is 0.937. The van der Waals surface area contributed by atoms with E-state index in [0.717, 1.165) is 30.8 Å². The van der Waals surface area contributed by atoms with Gasteiger partial charge < -0.3 is 10.1 Å². The lowest BCUT2D eigenvalue weighted by molar-refractivity contribution is -0.0395. The zero-order valence-electron chi connectivity index (χ0n) is 11.3. The number of hydrogen-bond acceptors (Lipinski definition) is 4. The molecule has 0 bridgehead atoms. The summed E-state index contributed by atoms with van der Waals surface area (Å²) in [5.74, 6) is 0.713. The first-order valence-corrected chi connectivity index (χ1v) is 7.16. The first-order chi connectivity index (χ1) is 9.72. The van der Waals surface area contributed by atoms with E-state index in [0.29, 0.717) is 10.8 Å². The van der Waals surface area contributed by atoms with Gasteiger partial charge in [0.1, 0.15) is 12.0 Å². The van der Waals surface area contributed by atoms with E-state index in [4.69, 9.17) is 16.3 Å². The Morgan fingerprint density at radius 2 is 2.35 bits per heavy atom.